The van der Waals surface area contributed by atoms with Gasteiger partial charge < -0.3 is 10.3 Å². The van der Waals surface area contributed by atoms with Crippen molar-refractivity contribution in [2.75, 3.05) is 0 Å². The lowest BCUT2D eigenvalue weighted by Crippen LogP contribution is -2.47. The minimum atomic E-state index is -0.643. The average molecular weight is 279 g/mol. The van der Waals surface area contributed by atoms with E-state index in [0.29, 0.717) is 17.6 Å². The molecule has 0 aliphatic carbocycles. The van der Waals surface area contributed by atoms with Crippen LogP contribution < -0.4 is 17.0 Å². The van der Waals surface area contributed by atoms with Gasteiger partial charge in [0, 0.05) is 32.6 Å². The van der Waals surface area contributed by atoms with E-state index < -0.39 is 5.54 Å². The van der Waals surface area contributed by atoms with Crippen LogP contribution in [0.4, 0.5) is 0 Å². The van der Waals surface area contributed by atoms with Gasteiger partial charge in [-0.25, -0.2) is 9.78 Å². The Labute approximate surface area is 116 Å². The molecule has 0 aliphatic rings. The Morgan fingerprint density at radius 2 is 1.80 bits per heavy atom. The molecule has 2 aromatic heterocycles. The van der Waals surface area contributed by atoms with E-state index in [4.69, 9.17) is 5.73 Å². The Kier molecular flexibility index (Phi) is 3.33. The Hall–Kier alpha value is -1.89. The largest absolute Gasteiger partial charge is 0.332 e. The second-order valence-electron chi connectivity index (χ2n) is 5.83. The predicted octanol–water partition coefficient (Wildman–Crippen LogP) is -0.267. The average Bonchev–Trinajstić information content (AvgIpc) is 2.68. The van der Waals surface area contributed by atoms with E-state index in [1.807, 2.05) is 6.92 Å². The number of nitrogens with zero attached hydrogens (tertiary/aromatic N) is 4. The predicted molar refractivity (Wildman–Crippen MR) is 77.9 cm³/mol. The molecular formula is C13H21N5O2. The number of imidazole rings is 1. The monoisotopic (exact) mass is 279 g/mol. The number of nitrogens with two attached hydrogens (primary N) is 1. The van der Waals surface area contributed by atoms with E-state index in [0.717, 1.165) is 5.82 Å². The molecule has 0 saturated heterocycles. The lowest BCUT2D eigenvalue weighted by Gasteiger charge is -2.19. The van der Waals surface area contributed by atoms with E-state index in [1.54, 1.807) is 32.5 Å². The van der Waals surface area contributed by atoms with Crippen molar-refractivity contribution in [3.05, 3.63) is 26.7 Å². The molecule has 2 heterocycles. The normalized spacial score (nSPS) is 12.3. The zero-order valence-electron chi connectivity index (χ0n) is 12.6. The van der Waals surface area contributed by atoms with Gasteiger partial charge >= 0.3 is 5.69 Å². The van der Waals surface area contributed by atoms with Gasteiger partial charge in [-0.1, -0.05) is 6.92 Å². The number of aryl methyl sites for hydroxylation is 3. The summed E-state index contributed by atoms with van der Waals surface area (Å²) in [6, 6.07) is 0. The SMILES string of the molecule is CCc1nc2c(c(=O)n(CC(C)(C)N)c(=O)n2C)n1C. The highest BCUT2D eigenvalue weighted by atomic mass is 16.2. The van der Waals surface area contributed by atoms with E-state index in [9.17, 15) is 9.59 Å². The Balaban J connectivity index is 2.89. The van der Waals surface area contributed by atoms with Gasteiger partial charge in [0.2, 0.25) is 0 Å². The topological polar surface area (TPSA) is 87.8 Å². The number of fused-ring (bicyclic) bond motifs is 1. The third-order valence-corrected chi connectivity index (χ3v) is 3.33. The van der Waals surface area contributed by atoms with Crippen molar-refractivity contribution in [3.8, 4) is 0 Å². The molecule has 0 fully saturated rings. The molecular weight excluding hydrogens is 258 g/mol. The Morgan fingerprint density at radius 1 is 1.20 bits per heavy atom. The van der Waals surface area contributed by atoms with Gasteiger partial charge in [-0.3, -0.25) is 13.9 Å². The van der Waals surface area contributed by atoms with E-state index in [-0.39, 0.29) is 17.8 Å². The molecule has 2 rings (SSSR count). The maximum atomic E-state index is 12.6. The number of rotatable bonds is 3. The van der Waals surface area contributed by atoms with Crippen molar-refractivity contribution < 1.29 is 0 Å². The van der Waals surface area contributed by atoms with E-state index in [2.05, 4.69) is 4.98 Å². The minimum Gasteiger partial charge on any atom is -0.325 e. The highest BCUT2D eigenvalue weighted by molar-refractivity contribution is 5.70. The molecule has 0 aliphatic heterocycles. The molecule has 2 aromatic rings. The second-order valence-corrected chi connectivity index (χ2v) is 5.83. The molecule has 0 radical (unpaired) electrons. The van der Waals surface area contributed by atoms with Gasteiger partial charge in [0.25, 0.3) is 5.56 Å². The van der Waals surface area contributed by atoms with Crippen LogP contribution >= 0.6 is 0 Å². The van der Waals surface area contributed by atoms with Crippen LogP contribution in [0.25, 0.3) is 11.2 Å². The van der Waals surface area contributed by atoms with Crippen molar-refractivity contribution in [2.24, 2.45) is 19.8 Å². The molecule has 0 aromatic carbocycles. The molecule has 110 valence electrons. The summed E-state index contributed by atoms with van der Waals surface area (Å²) in [5, 5.41) is 0. The summed E-state index contributed by atoms with van der Waals surface area (Å²) in [4.78, 5) is 29.2. The van der Waals surface area contributed by atoms with Gasteiger partial charge in [-0.05, 0) is 13.8 Å². The highest BCUT2D eigenvalue weighted by Gasteiger charge is 2.21. The summed E-state index contributed by atoms with van der Waals surface area (Å²) in [7, 11) is 3.41. The zero-order valence-corrected chi connectivity index (χ0v) is 12.6. The van der Waals surface area contributed by atoms with Crippen molar-refractivity contribution in [2.45, 2.75) is 39.3 Å². The fourth-order valence-corrected chi connectivity index (χ4v) is 2.35. The molecule has 20 heavy (non-hydrogen) atoms. The summed E-state index contributed by atoms with van der Waals surface area (Å²) in [5.41, 5.74) is 5.43. The Bertz CT molecular complexity index is 773. The van der Waals surface area contributed by atoms with E-state index >= 15 is 0 Å². The maximum Gasteiger partial charge on any atom is 0.332 e. The zero-order chi connectivity index (χ0) is 15.2. The van der Waals surface area contributed by atoms with Crippen LogP contribution in [0.15, 0.2) is 9.59 Å². The van der Waals surface area contributed by atoms with Gasteiger partial charge in [-0.15, -0.1) is 0 Å². The van der Waals surface area contributed by atoms with Gasteiger partial charge in [0.1, 0.15) is 5.82 Å². The summed E-state index contributed by atoms with van der Waals surface area (Å²) in [6.07, 6.45) is 0.696. The van der Waals surface area contributed by atoms with Crippen LogP contribution in [-0.2, 0) is 27.1 Å². The third kappa shape index (κ3) is 2.18. The first-order valence-electron chi connectivity index (χ1n) is 6.61. The molecule has 0 unspecified atom stereocenters. The van der Waals surface area contributed by atoms with Crippen molar-refractivity contribution in [1.29, 1.82) is 0 Å². The number of aromatic nitrogens is 4. The van der Waals surface area contributed by atoms with Gasteiger partial charge in [0.05, 0.1) is 0 Å². The van der Waals surface area contributed by atoms with Crippen LogP contribution in [-0.4, -0.2) is 24.2 Å². The van der Waals surface area contributed by atoms with Gasteiger partial charge in [-0.2, -0.15) is 0 Å². The van der Waals surface area contributed by atoms with Crippen LogP contribution in [0.5, 0.6) is 0 Å². The quantitative estimate of drug-likeness (QED) is 0.838. The summed E-state index contributed by atoms with van der Waals surface area (Å²) in [6.45, 7) is 5.69. The third-order valence-electron chi connectivity index (χ3n) is 3.33. The molecule has 0 saturated carbocycles. The first-order valence-corrected chi connectivity index (χ1v) is 6.61. The van der Waals surface area contributed by atoms with Crippen molar-refractivity contribution in [3.63, 3.8) is 0 Å². The smallest absolute Gasteiger partial charge is 0.325 e. The minimum absolute atomic E-state index is 0.168. The van der Waals surface area contributed by atoms with Crippen LogP contribution in [0, 0.1) is 0 Å². The van der Waals surface area contributed by atoms with Crippen molar-refractivity contribution in [1.82, 2.24) is 18.7 Å². The summed E-state index contributed by atoms with van der Waals surface area (Å²) < 4.78 is 4.34. The van der Waals surface area contributed by atoms with Crippen LogP contribution in [0.1, 0.15) is 26.6 Å². The fourth-order valence-electron chi connectivity index (χ4n) is 2.35. The van der Waals surface area contributed by atoms with Gasteiger partial charge in [0.15, 0.2) is 11.2 Å². The molecule has 0 atom stereocenters. The summed E-state index contributed by atoms with van der Waals surface area (Å²) in [5.74, 6) is 0.775. The molecule has 0 spiro atoms. The fraction of sp³-hybridized carbons (Fsp3) is 0.615. The molecule has 7 heteroatoms. The highest BCUT2D eigenvalue weighted by Crippen LogP contribution is 2.10. The summed E-state index contributed by atoms with van der Waals surface area (Å²) >= 11 is 0. The lowest BCUT2D eigenvalue weighted by atomic mass is 10.1. The molecule has 0 bridgehead atoms. The standard InChI is InChI=1S/C13H21N5O2/c1-6-8-15-10-9(16(8)4)11(19)18(7-13(2,3)14)12(20)17(10)5/h6-7,14H2,1-5H3. The van der Waals surface area contributed by atoms with Crippen LogP contribution in [0.2, 0.25) is 0 Å². The van der Waals surface area contributed by atoms with E-state index in [1.165, 1.54) is 9.13 Å². The molecule has 7 nitrogen and oxygen atoms in total. The van der Waals surface area contributed by atoms with Crippen molar-refractivity contribution >= 4 is 11.2 Å². The molecule has 0 amide bonds. The molecule has 2 N–H and O–H groups in total. The first kappa shape index (κ1) is 14.5. The maximum absolute atomic E-state index is 12.6. The number of hydrogen-bond donors (Lipinski definition) is 1. The first-order chi connectivity index (χ1) is 9.17. The number of hydrogen-bond acceptors (Lipinski definition) is 4. The lowest BCUT2D eigenvalue weighted by molar-refractivity contribution is 0.411. The van der Waals surface area contributed by atoms with Crippen LogP contribution in [0.3, 0.4) is 0 Å². The second kappa shape index (κ2) is 4.59. The Morgan fingerprint density at radius 3 is 2.30 bits per heavy atom.